The SMILES string of the molecule is CC(F)c1ncnc(NCc2ccccc2)c1Cl. The van der Waals surface area contributed by atoms with Crippen molar-refractivity contribution in [2.45, 2.75) is 19.6 Å². The van der Waals surface area contributed by atoms with Crippen LogP contribution in [0, 0.1) is 0 Å². The van der Waals surface area contributed by atoms with Gasteiger partial charge in [-0.05, 0) is 12.5 Å². The Bertz CT molecular complexity index is 517. The van der Waals surface area contributed by atoms with Crippen molar-refractivity contribution in [2.24, 2.45) is 0 Å². The minimum absolute atomic E-state index is 0.210. The summed E-state index contributed by atoms with van der Waals surface area (Å²) in [5.41, 5.74) is 1.31. The Morgan fingerprint density at radius 3 is 2.67 bits per heavy atom. The van der Waals surface area contributed by atoms with Crippen LogP contribution in [-0.4, -0.2) is 9.97 Å². The number of nitrogens with zero attached hydrogens (tertiary/aromatic N) is 2. The van der Waals surface area contributed by atoms with Crippen molar-refractivity contribution >= 4 is 17.4 Å². The van der Waals surface area contributed by atoms with E-state index in [0.717, 1.165) is 5.56 Å². The molecule has 0 aliphatic rings. The normalized spacial score (nSPS) is 12.2. The molecule has 0 amide bonds. The summed E-state index contributed by atoms with van der Waals surface area (Å²) in [7, 11) is 0. The topological polar surface area (TPSA) is 37.8 Å². The molecule has 0 fully saturated rings. The van der Waals surface area contributed by atoms with Crippen LogP contribution in [0.15, 0.2) is 36.7 Å². The highest BCUT2D eigenvalue weighted by Crippen LogP contribution is 2.28. The summed E-state index contributed by atoms with van der Waals surface area (Å²) in [5, 5.41) is 3.31. The van der Waals surface area contributed by atoms with E-state index in [-0.39, 0.29) is 10.7 Å². The Morgan fingerprint density at radius 1 is 1.28 bits per heavy atom. The first-order chi connectivity index (χ1) is 8.68. The van der Waals surface area contributed by atoms with Gasteiger partial charge in [0, 0.05) is 6.54 Å². The second-order valence-electron chi connectivity index (χ2n) is 3.88. The van der Waals surface area contributed by atoms with Crippen LogP contribution in [0.2, 0.25) is 5.02 Å². The Labute approximate surface area is 110 Å². The largest absolute Gasteiger partial charge is 0.365 e. The van der Waals surface area contributed by atoms with Gasteiger partial charge in [-0.2, -0.15) is 0 Å². The highest BCUT2D eigenvalue weighted by molar-refractivity contribution is 6.33. The molecule has 5 heteroatoms. The van der Waals surface area contributed by atoms with Gasteiger partial charge in [-0.15, -0.1) is 0 Å². The molecule has 0 spiro atoms. The number of hydrogen-bond donors (Lipinski definition) is 1. The fourth-order valence-electron chi connectivity index (χ4n) is 1.57. The van der Waals surface area contributed by atoms with E-state index in [1.807, 2.05) is 30.3 Å². The molecule has 0 saturated heterocycles. The second-order valence-corrected chi connectivity index (χ2v) is 4.25. The molecule has 0 radical (unpaired) electrons. The number of nitrogens with one attached hydrogen (secondary N) is 1. The molecule has 0 aliphatic carbocycles. The molecule has 0 saturated carbocycles. The monoisotopic (exact) mass is 265 g/mol. The van der Waals surface area contributed by atoms with E-state index >= 15 is 0 Å². The number of aromatic nitrogens is 2. The lowest BCUT2D eigenvalue weighted by atomic mass is 10.2. The predicted molar refractivity (Wildman–Crippen MR) is 70.3 cm³/mol. The summed E-state index contributed by atoms with van der Waals surface area (Å²) >= 11 is 6.04. The van der Waals surface area contributed by atoms with Gasteiger partial charge in [-0.1, -0.05) is 41.9 Å². The molecule has 1 unspecified atom stereocenters. The fraction of sp³-hybridized carbons (Fsp3) is 0.231. The molecule has 2 aromatic rings. The lowest BCUT2D eigenvalue weighted by Crippen LogP contribution is -2.05. The van der Waals surface area contributed by atoms with Crippen molar-refractivity contribution in [2.75, 3.05) is 5.32 Å². The van der Waals surface area contributed by atoms with Crippen molar-refractivity contribution in [1.82, 2.24) is 9.97 Å². The van der Waals surface area contributed by atoms with E-state index < -0.39 is 6.17 Å². The third-order valence-corrected chi connectivity index (χ3v) is 2.87. The zero-order valence-electron chi connectivity index (χ0n) is 9.90. The molecule has 2 rings (SSSR count). The Morgan fingerprint density at radius 2 is 2.00 bits per heavy atom. The van der Waals surface area contributed by atoms with E-state index in [0.29, 0.717) is 12.4 Å². The molecule has 1 aromatic carbocycles. The Balaban J connectivity index is 2.13. The molecule has 0 aliphatic heterocycles. The van der Waals surface area contributed by atoms with Crippen LogP contribution in [0.4, 0.5) is 10.2 Å². The van der Waals surface area contributed by atoms with Crippen molar-refractivity contribution in [3.05, 3.63) is 52.9 Å². The average molecular weight is 266 g/mol. The van der Waals surface area contributed by atoms with E-state index in [1.165, 1.54) is 13.3 Å². The average Bonchev–Trinajstić information content (AvgIpc) is 2.38. The third-order valence-electron chi connectivity index (χ3n) is 2.50. The minimum atomic E-state index is -1.21. The summed E-state index contributed by atoms with van der Waals surface area (Å²) < 4.78 is 13.2. The molecule has 18 heavy (non-hydrogen) atoms. The maximum absolute atomic E-state index is 13.2. The summed E-state index contributed by atoms with van der Waals surface area (Å²) in [6.45, 7) is 1.98. The predicted octanol–water partition coefficient (Wildman–Crippen LogP) is 3.77. The van der Waals surface area contributed by atoms with E-state index in [2.05, 4.69) is 15.3 Å². The lowest BCUT2D eigenvalue weighted by molar-refractivity contribution is 0.365. The number of rotatable bonds is 4. The summed E-state index contributed by atoms with van der Waals surface area (Å²) in [5.74, 6) is 0.454. The van der Waals surface area contributed by atoms with Gasteiger partial charge in [-0.3, -0.25) is 0 Å². The van der Waals surface area contributed by atoms with Crippen molar-refractivity contribution < 1.29 is 4.39 Å². The fourth-order valence-corrected chi connectivity index (χ4v) is 1.88. The molecule has 1 heterocycles. The molecule has 1 atom stereocenters. The van der Waals surface area contributed by atoms with Crippen LogP contribution >= 0.6 is 11.6 Å². The van der Waals surface area contributed by atoms with Gasteiger partial charge >= 0.3 is 0 Å². The van der Waals surface area contributed by atoms with E-state index in [4.69, 9.17) is 11.6 Å². The standard InChI is InChI=1S/C13H13ClFN3/c1-9(15)12-11(14)13(18-8-17-12)16-7-10-5-3-2-4-6-10/h2-6,8-9H,7H2,1H3,(H,16,17,18). The minimum Gasteiger partial charge on any atom is -0.365 e. The van der Waals surface area contributed by atoms with Gasteiger partial charge in [0.25, 0.3) is 0 Å². The number of halogens is 2. The molecular weight excluding hydrogens is 253 g/mol. The summed E-state index contributed by atoms with van der Waals surface area (Å²) in [6.07, 6.45) is 0.0997. The van der Waals surface area contributed by atoms with Crippen molar-refractivity contribution in [3.8, 4) is 0 Å². The quantitative estimate of drug-likeness (QED) is 0.914. The third kappa shape index (κ3) is 2.96. The maximum Gasteiger partial charge on any atom is 0.148 e. The van der Waals surface area contributed by atoms with Crippen LogP contribution in [0.1, 0.15) is 24.4 Å². The highest BCUT2D eigenvalue weighted by atomic mass is 35.5. The Kier molecular flexibility index (Phi) is 4.10. The molecule has 3 nitrogen and oxygen atoms in total. The van der Waals surface area contributed by atoms with Gasteiger partial charge in [0.05, 0.1) is 5.69 Å². The molecule has 0 bridgehead atoms. The number of hydrogen-bond acceptors (Lipinski definition) is 3. The van der Waals surface area contributed by atoms with Gasteiger partial charge in [0.2, 0.25) is 0 Å². The second kappa shape index (κ2) is 5.78. The van der Waals surface area contributed by atoms with Gasteiger partial charge in [-0.25, -0.2) is 14.4 Å². The van der Waals surface area contributed by atoms with Crippen molar-refractivity contribution in [3.63, 3.8) is 0 Å². The first-order valence-electron chi connectivity index (χ1n) is 5.60. The maximum atomic E-state index is 13.2. The van der Waals surface area contributed by atoms with E-state index in [9.17, 15) is 4.39 Å². The summed E-state index contributed by atoms with van der Waals surface area (Å²) in [6, 6.07) is 9.83. The smallest absolute Gasteiger partial charge is 0.148 e. The Hall–Kier alpha value is -1.68. The first-order valence-corrected chi connectivity index (χ1v) is 5.98. The molecule has 94 valence electrons. The molecule has 1 aromatic heterocycles. The lowest BCUT2D eigenvalue weighted by Gasteiger charge is -2.10. The van der Waals surface area contributed by atoms with Crippen LogP contribution in [0.3, 0.4) is 0 Å². The zero-order chi connectivity index (χ0) is 13.0. The van der Waals surface area contributed by atoms with E-state index in [1.54, 1.807) is 0 Å². The first kappa shape index (κ1) is 12.8. The van der Waals surface area contributed by atoms with Gasteiger partial charge in [0.1, 0.15) is 23.3 Å². The van der Waals surface area contributed by atoms with Gasteiger partial charge in [0.15, 0.2) is 0 Å². The summed E-state index contributed by atoms with van der Waals surface area (Å²) in [4.78, 5) is 7.85. The number of alkyl halides is 1. The highest BCUT2D eigenvalue weighted by Gasteiger charge is 2.14. The number of benzene rings is 1. The van der Waals surface area contributed by atoms with Crippen LogP contribution in [0.5, 0.6) is 0 Å². The van der Waals surface area contributed by atoms with Gasteiger partial charge < -0.3 is 5.32 Å². The molecular formula is C13H13ClFN3. The van der Waals surface area contributed by atoms with Crippen molar-refractivity contribution in [1.29, 1.82) is 0 Å². The number of anilines is 1. The van der Waals surface area contributed by atoms with Crippen LogP contribution in [-0.2, 0) is 6.54 Å². The van der Waals surface area contributed by atoms with Crippen LogP contribution < -0.4 is 5.32 Å². The van der Waals surface area contributed by atoms with Crippen LogP contribution in [0.25, 0.3) is 0 Å². The molecule has 1 N–H and O–H groups in total. The zero-order valence-corrected chi connectivity index (χ0v) is 10.7.